The Labute approximate surface area is 143 Å². The number of carbonyl (C=O) groups excluding carboxylic acids is 2. The molecule has 0 aromatic heterocycles. The van der Waals surface area contributed by atoms with Gasteiger partial charge in [-0.2, -0.15) is 0 Å². The number of anilines is 1. The lowest BCUT2D eigenvalue weighted by Crippen LogP contribution is -2.35. The lowest BCUT2D eigenvalue weighted by Gasteiger charge is -2.27. The molecule has 1 saturated carbocycles. The zero-order chi connectivity index (χ0) is 17.1. The summed E-state index contributed by atoms with van der Waals surface area (Å²) in [6.45, 7) is 1.35. The van der Waals surface area contributed by atoms with E-state index in [0.29, 0.717) is 18.5 Å². The topological polar surface area (TPSA) is 60.9 Å². The van der Waals surface area contributed by atoms with Gasteiger partial charge in [-0.1, -0.05) is 6.42 Å². The van der Waals surface area contributed by atoms with Crippen LogP contribution in [0.4, 0.5) is 5.69 Å². The first-order chi connectivity index (χ1) is 11.6. The first-order valence-corrected chi connectivity index (χ1v) is 8.90. The van der Waals surface area contributed by atoms with E-state index < -0.39 is 0 Å². The lowest BCUT2D eigenvalue weighted by atomic mass is 10.0. The average molecular weight is 330 g/mol. The van der Waals surface area contributed by atoms with Crippen LogP contribution in [0.3, 0.4) is 0 Å². The number of benzene rings is 1. The van der Waals surface area contributed by atoms with Gasteiger partial charge in [-0.25, -0.2) is 0 Å². The Bertz CT molecular complexity index is 599. The fraction of sp³-hybridized carbons (Fsp3) is 0.579. The Kier molecular flexibility index (Phi) is 5.19. The van der Waals surface area contributed by atoms with Crippen LogP contribution < -0.4 is 4.90 Å². The molecule has 5 heteroatoms. The van der Waals surface area contributed by atoms with Gasteiger partial charge in [-0.3, -0.25) is 9.59 Å². The maximum absolute atomic E-state index is 12.6. The van der Waals surface area contributed by atoms with Crippen molar-refractivity contribution >= 4 is 17.5 Å². The summed E-state index contributed by atoms with van der Waals surface area (Å²) >= 11 is 0. The van der Waals surface area contributed by atoms with Gasteiger partial charge in [0, 0.05) is 43.7 Å². The number of carbonyl (C=O) groups is 2. The molecule has 1 aliphatic heterocycles. The van der Waals surface area contributed by atoms with Crippen molar-refractivity contribution < 1.29 is 14.7 Å². The van der Waals surface area contributed by atoms with Crippen LogP contribution in [0.1, 0.15) is 48.9 Å². The SMILES string of the molecule is CN(CC1CCCC1O)C(=O)c1ccc(N2CCCCC2=O)cc1. The number of piperidine rings is 1. The average Bonchev–Trinajstić information content (AvgIpc) is 3.00. The van der Waals surface area contributed by atoms with Crippen LogP contribution in [0.5, 0.6) is 0 Å². The lowest BCUT2D eigenvalue weighted by molar-refractivity contribution is -0.119. The molecule has 5 nitrogen and oxygen atoms in total. The molecule has 0 radical (unpaired) electrons. The van der Waals surface area contributed by atoms with Crippen LogP contribution in [0.25, 0.3) is 0 Å². The van der Waals surface area contributed by atoms with Gasteiger partial charge >= 0.3 is 0 Å². The largest absolute Gasteiger partial charge is 0.393 e. The quantitative estimate of drug-likeness (QED) is 0.922. The standard InChI is InChI=1S/C19H26N2O3/c1-20(13-15-5-4-6-17(15)22)19(24)14-8-10-16(11-9-14)21-12-3-2-7-18(21)23/h8-11,15,17,22H,2-7,12-13H2,1H3. The molecule has 0 spiro atoms. The van der Waals surface area contributed by atoms with Crippen LogP contribution >= 0.6 is 0 Å². The van der Waals surface area contributed by atoms with Gasteiger partial charge in [-0.15, -0.1) is 0 Å². The molecule has 1 aliphatic carbocycles. The van der Waals surface area contributed by atoms with E-state index in [0.717, 1.165) is 44.3 Å². The molecular weight excluding hydrogens is 304 g/mol. The second kappa shape index (κ2) is 7.34. The third-order valence-electron chi connectivity index (χ3n) is 5.22. The van der Waals surface area contributed by atoms with Gasteiger partial charge in [0.25, 0.3) is 5.91 Å². The van der Waals surface area contributed by atoms with E-state index in [1.54, 1.807) is 29.0 Å². The van der Waals surface area contributed by atoms with E-state index in [9.17, 15) is 14.7 Å². The first-order valence-electron chi connectivity index (χ1n) is 8.90. The summed E-state index contributed by atoms with van der Waals surface area (Å²) in [7, 11) is 1.79. The van der Waals surface area contributed by atoms with E-state index in [1.807, 2.05) is 12.1 Å². The molecule has 1 saturated heterocycles. The Morgan fingerprint density at radius 3 is 2.58 bits per heavy atom. The highest BCUT2D eigenvalue weighted by Crippen LogP contribution is 2.27. The summed E-state index contributed by atoms with van der Waals surface area (Å²) in [5.41, 5.74) is 1.49. The first kappa shape index (κ1) is 17.0. The fourth-order valence-electron chi connectivity index (χ4n) is 3.75. The van der Waals surface area contributed by atoms with E-state index in [4.69, 9.17) is 0 Å². The molecule has 130 valence electrons. The van der Waals surface area contributed by atoms with E-state index in [1.165, 1.54) is 0 Å². The molecule has 2 amide bonds. The smallest absolute Gasteiger partial charge is 0.253 e. The van der Waals surface area contributed by atoms with Crippen molar-refractivity contribution in [3.63, 3.8) is 0 Å². The summed E-state index contributed by atoms with van der Waals surface area (Å²) in [4.78, 5) is 28.0. The van der Waals surface area contributed by atoms with Crippen molar-refractivity contribution in [3.05, 3.63) is 29.8 Å². The molecule has 2 aliphatic rings. The number of aliphatic hydroxyl groups is 1. The molecular formula is C19H26N2O3. The Morgan fingerprint density at radius 1 is 1.21 bits per heavy atom. The predicted molar refractivity (Wildman–Crippen MR) is 93.0 cm³/mol. The molecule has 0 bridgehead atoms. The Morgan fingerprint density at radius 2 is 1.96 bits per heavy atom. The van der Waals surface area contributed by atoms with Gasteiger partial charge in [-0.05, 0) is 49.9 Å². The summed E-state index contributed by atoms with van der Waals surface area (Å²) < 4.78 is 0. The van der Waals surface area contributed by atoms with Crippen LogP contribution in [-0.4, -0.2) is 48.1 Å². The highest BCUT2D eigenvalue weighted by molar-refractivity contribution is 5.96. The summed E-state index contributed by atoms with van der Waals surface area (Å²) in [5, 5.41) is 9.92. The Hall–Kier alpha value is -1.88. The minimum absolute atomic E-state index is 0.0365. The molecule has 1 aromatic rings. The van der Waals surface area contributed by atoms with Crippen molar-refractivity contribution in [2.24, 2.45) is 5.92 Å². The predicted octanol–water partition coefficient (Wildman–Crippen LogP) is 2.44. The third-order valence-corrected chi connectivity index (χ3v) is 5.22. The van der Waals surface area contributed by atoms with Crippen molar-refractivity contribution in [3.8, 4) is 0 Å². The van der Waals surface area contributed by atoms with Crippen molar-refractivity contribution in [1.29, 1.82) is 0 Å². The maximum Gasteiger partial charge on any atom is 0.253 e. The summed E-state index contributed by atoms with van der Waals surface area (Å²) in [6, 6.07) is 7.30. The number of aliphatic hydroxyl groups excluding tert-OH is 1. The number of amides is 2. The van der Waals surface area contributed by atoms with Crippen molar-refractivity contribution in [2.75, 3.05) is 25.0 Å². The fourth-order valence-corrected chi connectivity index (χ4v) is 3.75. The molecule has 2 fully saturated rings. The van der Waals surface area contributed by atoms with Crippen molar-refractivity contribution in [2.45, 2.75) is 44.6 Å². The molecule has 1 N–H and O–H groups in total. The molecule has 1 aromatic carbocycles. The third kappa shape index (κ3) is 3.61. The minimum Gasteiger partial charge on any atom is -0.393 e. The van der Waals surface area contributed by atoms with Crippen LogP contribution in [-0.2, 0) is 4.79 Å². The van der Waals surface area contributed by atoms with Crippen LogP contribution in [0.15, 0.2) is 24.3 Å². The summed E-state index contributed by atoms with van der Waals surface area (Å²) in [5.74, 6) is 0.308. The number of hydrogen-bond acceptors (Lipinski definition) is 3. The van der Waals surface area contributed by atoms with Crippen LogP contribution in [0, 0.1) is 5.92 Å². The number of nitrogens with zero attached hydrogens (tertiary/aromatic N) is 2. The molecule has 2 unspecified atom stereocenters. The van der Waals surface area contributed by atoms with Gasteiger partial charge in [0.05, 0.1) is 6.10 Å². The zero-order valence-electron chi connectivity index (χ0n) is 14.3. The van der Waals surface area contributed by atoms with E-state index in [-0.39, 0.29) is 23.8 Å². The number of rotatable bonds is 4. The van der Waals surface area contributed by atoms with Gasteiger partial charge in [0.15, 0.2) is 0 Å². The maximum atomic E-state index is 12.6. The van der Waals surface area contributed by atoms with Gasteiger partial charge in [0.2, 0.25) is 5.91 Å². The van der Waals surface area contributed by atoms with Gasteiger partial charge < -0.3 is 14.9 Å². The zero-order valence-corrected chi connectivity index (χ0v) is 14.3. The minimum atomic E-state index is -0.285. The van der Waals surface area contributed by atoms with Crippen molar-refractivity contribution in [1.82, 2.24) is 4.90 Å². The van der Waals surface area contributed by atoms with Crippen LogP contribution in [0.2, 0.25) is 0 Å². The molecule has 2 atom stereocenters. The molecule has 24 heavy (non-hydrogen) atoms. The number of hydrogen-bond donors (Lipinski definition) is 1. The Balaban J connectivity index is 1.63. The second-order valence-electron chi connectivity index (χ2n) is 6.99. The van der Waals surface area contributed by atoms with E-state index in [2.05, 4.69) is 0 Å². The second-order valence-corrected chi connectivity index (χ2v) is 6.99. The highest BCUT2D eigenvalue weighted by Gasteiger charge is 2.28. The van der Waals surface area contributed by atoms with Gasteiger partial charge in [0.1, 0.15) is 0 Å². The summed E-state index contributed by atoms with van der Waals surface area (Å²) in [6.07, 6.45) is 5.16. The normalized spacial score (nSPS) is 24.2. The molecule has 3 rings (SSSR count). The highest BCUT2D eigenvalue weighted by atomic mass is 16.3. The van der Waals surface area contributed by atoms with E-state index >= 15 is 0 Å². The monoisotopic (exact) mass is 330 g/mol. The molecule has 1 heterocycles.